The van der Waals surface area contributed by atoms with Gasteiger partial charge in [0, 0.05) is 27.5 Å². The van der Waals surface area contributed by atoms with Crippen molar-refractivity contribution < 1.29 is 18.8 Å². The molecule has 0 saturated carbocycles. The van der Waals surface area contributed by atoms with Crippen molar-refractivity contribution in [3.8, 4) is 6.07 Å². The minimum atomic E-state index is -0.912. The summed E-state index contributed by atoms with van der Waals surface area (Å²) in [7, 11) is 0. The molecule has 0 radical (unpaired) electrons. The Hall–Kier alpha value is -4.06. The third-order valence-corrected chi connectivity index (χ3v) is 5.29. The van der Waals surface area contributed by atoms with E-state index in [0.29, 0.717) is 21.5 Å². The number of halogens is 2. The van der Waals surface area contributed by atoms with Crippen LogP contribution in [0, 0.1) is 25.2 Å². The van der Waals surface area contributed by atoms with E-state index in [9.17, 15) is 19.6 Å². The third kappa shape index (κ3) is 7.21. The van der Waals surface area contributed by atoms with Crippen LogP contribution in [0.25, 0.3) is 6.08 Å². The standard InChI is InChI=1S/C25H20Cl2N4O4/c1-14-3-4-19(7-15(14)2)30-23(32)16(12-28)8-21-5-6-22(35-21)13-29-24(33)25(34)31-20-10-17(26)9-18(27)11-20/h3-11H,13H2,1-2H3,(H,29,33)(H,30,32)(H,31,34)/b16-8-. The van der Waals surface area contributed by atoms with Gasteiger partial charge < -0.3 is 20.4 Å². The van der Waals surface area contributed by atoms with Gasteiger partial charge in [-0.1, -0.05) is 29.3 Å². The largest absolute Gasteiger partial charge is 0.460 e. The number of benzene rings is 2. The maximum absolute atomic E-state index is 12.5. The van der Waals surface area contributed by atoms with E-state index in [1.54, 1.807) is 12.1 Å². The number of nitrogens with zero attached hydrogens (tertiary/aromatic N) is 1. The number of carbonyl (C=O) groups excluding carboxylic acids is 3. The predicted molar refractivity (Wildman–Crippen MR) is 134 cm³/mol. The van der Waals surface area contributed by atoms with Gasteiger partial charge in [0.1, 0.15) is 23.2 Å². The van der Waals surface area contributed by atoms with Crippen LogP contribution in [0.5, 0.6) is 0 Å². The Morgan fingerprint density at radius 1 is 0.886 bits per heavy atom. The zero-order valence-electron chi connectivity index (χ0n) is 18.7. The fraction of sp³-hybridized carbons (Fsp3) is 0.120. The second kappa shape index (κ2) is 11.4. The number of carbonyl (C=O) groups is 3. The number of hydrogen-bond donors (Lipinski definition) is 3. The fourth-order valence-electron chi connectivity index (χ4n) is 2.94. The van der Waals surface area contributed by atoms with E-state index >= 15 is 0 Å². The molecule has 0 fully saturated rings. The minimum Gasteiger partial charge on any atom is -0.460 e. The Morgan fingerprint density at radius 3 is 2.23 bits per heavy atom. The van der Waals surface area contributed by atoms with Gasteiger partial charge in [0.2, 0.25) is 0 Å². The van der Waals surface area contributed by atoms with Gasteiger partial charge >= 0.3 is 11.8 Å². The maximum atomic E-state index is 12.5. The first kappa shape index (κ1) is 25.6. The van der Waals surface area contributed by atoms with Gasteiger partial charge in [0.15, 0.2) is 0 Å². The Labute approximate surface area is 211 Å². The Bertz CT molecular complexity index is 1350. The number of hydrogen-bond acceptors (Lipinski definition) is 5. The quantitative estimate of drug-likeness (QED) is 0.244. The van der Waals surface area contributed by atoms with Gasteiger partial charge in [-0.2, -0.15) is 5.26 Å². The molecule has 0 aliphatic heterocycles. The average Bonchev–Trinajstić information content (AvgIpc) is 3.25. The highest BCUT2D eigenvalue weighted by Gasteiger charge is 2.16. The van der Waals surface area contributed by atoms with Crippen molar-refractivity contribution in [1.82, 2.24) is 5.32 Å². The number of aryl methyl sites for hydroxylation is 2. The number of amides is 3. The first-order valence-electron chi connectivity index (χ1n) is 10.3. The van der Waals surface area contributed by atoms with Crippen molar-refractivity contribution in [2.24, 2.45) is 0 Å². The Kier molecular flexibility index (Phi) is 8.31. The van der Waals surface area contributed by atoms with Crippen molar-refractivity contribution in [3.63, 3.8) is 0 Å². The normalized spacial score (nSPS) is 10.9. The SMILES string of the molecule is Cc1ccc(NC(=O)/C(C#N)=C\c2ccc(CNC(=O)C(=O)Nc3cc(Cl)cc(Cl)c3)o2)cc1C. The molecule has 1 heterocycles. The number of anilines is 2. The van der Waals surface area contributed by atoms with E-state index in [-0.39, 0.29) is 23.6 Å². The van der Waals surface area contributed by atoms with Crippen molar-refractivity contribution in [2.45, 2.75) is 20.4 Å². The summed E-state index contributed by atoms with van der Waals surface area (Å²) in [6.07, 6.45) is 1.29. The molecule has 0 bridgehead atoms. The molecule has 178 valence electrons. The minimum absolute atomic E-state index is 0.0902. The van der Waals surface area contributed by atoms with Crippen molar-refractivity contribution in [1.29, 1.82) is 5.26 Å². The highest BCUT2D eigenvalue weighted by molar-refractivity contribution is 6.40. The lowest BCUT2D eigenvalue weighted by atomic mass is 10.1. The van der Waals surface area contributed by atoms with E-state index in [4.69, 9.17) is 27.6 Å². The van der Waals surface area contributed by atoms with Crippen LogP contribution in [0.1, 0.15) is 22.6 Å². The van der Waals surface area contributed by atoms with E-state index in [1.807, 2.05) is 32.0 Å². The summed E-state index contributed by atoms with van der Waals surface area (Å²) in [6, 6.07) is 14.8. The topological polar surface area (TPSA) is 124 Å². The number of nitrogens with one attached hydrogen (secondary N) is 3. The van der Waals surface area contributed by atoms with Crippen LogP contribution < -0.4 is 16.0 Å². The van der Waals surface area contributed by atoms with Gasteiger partial charge in [-0.15, -0.1) is 0 Å². The molecule has 0 saturated heterocycles. The summed E-state index contributed by atoms with van der Waals surface area (Å²) >= 11 is 11.8. The fourth-order valence-corrected chi connectivity index (χ4v) is 3.46. The second-order valence-corrected chi connectivity index (χ2v) is 8.39. The lowest BCUT2D eigenvalue weighted by Gasteiger charge is -2.07. The molecule has 0 unspecified atom stereocenters. The highest BCUT2D eigenvalue weighted by Crippen LogP contribution is 2.22. The van der Waals surface area contributed by atoms with Gasteiger partial charge in [-0.25, -0.2) is 0 Å². The van der Waals surface area contributed by atoms with Crippen LogP contribution in [-0.4, -0.2) is 17.7 Å². The van der Waals surface area contributed by atoms with E-state index in [2.05, 4.69) is 16.0 Å². The molecule has 0 spiro atoms. The summed E-state index contributed by atoms with van der Waals surface area (Å²) in [5.41, 5.74) is 2.78. The molecule has 0 aliphatic carbocycles. The van der Waals surface area contributed by atoms with Gasteiger partial charge in [0.05, 0.1) is 6.54 Å². The molecule has 1 aromatic heterocycles. The van der Waals surface area contributed by atoms with Crippen LogP contribution in [0.2, 0.25) is 10.0 Å². The molecule has 0 atom stereocenters. The van der Waals surface area contributed by atoms with E-state index in [1.165, 1.54) is 30.3 Å². The monoisotopic (exact) mass is 510 g/mol. The van der Waals surface area contributed by atoms with Crippen molar-refractivity contribution >= 4 is 58.4 Å². The van der Waals surface area contributed by atoms with Crippen LogP contribution in [0.4, 0.5) is 11.4 Å². The molecule has 2 aromatic carbocycles. The van der Waals surface area contributed by atoms with Gasteiger partial charge in [0.25, 0.3) is 5.91 Å². The Morgan fingerprint density at radius 2 is 1.57 bits per heavy atom. The lowest BCUT2D eigenvalue weighted by Crippen LogP contribution is -2.34. The van der Waals surface area contributed by atoms with Crippen LogP contribution in [0.15, 0.2) is 58.5 Å². The van der Waals surface area contributed by atoms with Gasteiger partial charge in [-0.3, -0.25) is 14.4 Å². The molecule has 35 heavy (non-hydrogen) atoms. The van der Waals surface area contributed by atoms with Gasteiger partial charge in [-0.05, 0) is 67.4 Å². The van der Waals surface area contributed by atoms with Crippen molar-refractivity contribution in [3.05, 3.63) is 86.8 Å². The smallest absolute Gasteiger partial charge is 0.313 e. The molecule has 3 aromatic rings. The number of rotatable bonds is 6. The van der Waals surface area contributed by atoms with Crippen LogP contribution in [0.3, 0.4) is 0 Å². The summed E-state index contributed by atoms with van der Waals surface area (Å²) in [5, 5.41) is 17.5. The molecule has 10 heteroatoms. The summed E-state index contributed by atoms with van der Waals surface area (Å²) in [5.74, 6) is -1.85. The molecular formula is C25H20Cl2N4O4. The van der Waals surface area contributed by atoms with Crippen LogP contribution >= 0.6 is 23.2 Å². The number of furan rings is 1. The Balaban J connectivity index is 1.58. The summed E-state index contributed by atoms with van der Waals surface area (Å²) < 4.78 is 5.54. The lowest BCUT2D eigenvalue weighted by molar-refractivity contribution is -0.136. The van der Waals surface area contributed by atoms with E-state index in [0.717, 1.165) is 11.1 Å². The molecule has 3 N–H and O–H groups in total. The predicted octanol–water partition coefficient (Wildman–Crippen LogP) is 5.00. The van der Waals surface area contributed by atoms with E-state index < -0.39 is 17.7 Å². The first-order chi connectivity index (χ1) is 16.6. The first-order valence-corrected chi connectivity index (χ1v) is 11.0. The second-order valence-electron chi connectivity index (χ2n) is 7.52. The third-order valence-electron chi connectivity index (χ3n) is 4.85. The highest BCUT2D eigenvalue weighted by atomic mass is 35.5. The maximum Gasteiger partial charge on any atom is 0.313 e. The van der Waals surface area contributed by atoms with Crippen LogP contribution in [-0.2, 0) is 20.9 Å². The zero-order chi connectivity index (χ0) is 25.5. The molecule has 3 amide bonds. The average molecular weight is 511 g/mol. The van der Waals surface area contributed by atoms with Crippen molar-refractivity contribution in [2.75, 3.05) is 10.6 Å². The molecule has 8 nitrogen and oxygen atoms in total. The summed E-state index contributed by atoms with van der Waals surface area (Å²) in [4.78, 5) is 36.6. The molecule has 0 aliphatic rings. The molecular weight excluding hydrogens is 491 g/mol. The number of nitriles is 1. The molecule has 3 rings (SSSR count). The zero-order valence-corrected chi connectivity index (χ0v) is 20.3. The summed E-state index contributed by atoms with van der Waals surface area (Å²) in [6.45, 7) is 3.79.